The van der Waals surface area contributed by atoms with E-state index in [0.29, 0.717) is 6.04 Å². The first-order chi connectivity index (χ1) is 8.65. The fourth-order valence-corrected chi connectivity index (χ4v) is 2.88. The predicted molar refractivity (Wildman–Crippen MR) is 73.8 cm³/mol. The molecule has 0 amide bonds. The van der Waals surface area contributed by atoms with E-state index in [2.05, 4.69) is 19.2 Å². The minimum absolute atomic E-state index is 0.156. The van der Waals surface area contributed by atoms with Crippen molar-refractivity contribution in [2.45, 2.75) is 52.1 Å². The summed E-state index contributed by atoms with van der Waals surface area (Å²) in [6.07, 6.45) is 5.29. The van der Waals surface area contributed by atoms with Crippen molar-refractivity contribution in [3.8, 4) is 0 Å². The largest absolute Gasteiger partial charge is 0.310 e. The molecule has 0 saturated heterocycles. The number of hydrogen-bond acceptors (Lipinski definition) is 1. The van der Waals surface area contributed by atoms with Crippen molar-refractivity contribution in [1.29, 1.82) is 0 Å². The van der Waals surface area contributed by atoms with Crippen molar-refractivity contribution < 1.29 is 4.39 Å². The Morgan fingerprint density at radius 1 is 1.22 bits per heavy atom. The molecule has 2 heteroatoms. The van der Waals surface area contributed by atoms with Gasteiger partial charge in [0.15, 0.2) is 0 Å². The second kappa shape index (κ2) is 6.33. The Bertz CT molecular complexity index is 358. The lowest BCUT2D eigenvalue weighted by atomic mass is 9.79. The van der Waals surface area contributed by atoms with Crippen LogP contribution in [0.5, 0.6) is 0 Å². The van der Waals surface area contributed by atoms with Crippen LogP contribution in [-0.4, -0.2) is 6.04 Å². The third kappa shape index (κ3) is 3.81. The molecule has 1 aliphatic carbocycles. The maximum atomic E-state index is 12.8. The molecule has 1 nitrogen and oxygen atoms in total. The molecular weight excluding hydrogens is 225 g/mol. The second-order valence-corrected chi connectivity index (χ2v) is 5.87. The molecule has 0 heterocycles. The number of hydrogen-bond donors (Lipinski definition) is 1. The van der Waals surface area contributed by atoms with Crippen LogP contribution >= 0.6 is 0 Å². The van der Waals surface area contributed by atoms with Crippen LogP contribution in [0.25, 0.3) is 0 Å². The number of nitrogens with one attached hydrogen (secondary N) is 1. The Morgan fingerprint density at radius 3 is 2.61 bits per heavy atom. The molecular formula is C16H24FN. The molecule has 1 aromatic carbocycles. The summed E-state index contributed by atoms with van der Waals surface area (Å²) in [5.41, 5.74) is 1.17. The summed E-state index contributed by atoms with van der Waals surface area (Å²) < 4.78 is 12.8. The van der Waals surface area contributed by atoms with E-state index in [1.807, 2.05) is 12.1 Å². The summed E-state index contributed by atoms with van der Waals surface area (Å²) in [6, 6.07) is 7.44. The average Bonchev–Trinajstić information content (AvgIpc) is 2.38. The molecule has 1 aromatic rings. The van der Waals surface area contributed by atoms with Crippen molar-refractivity contribution in [3.63, 3.8) is 0 Å². The summed E-state index contributed by atoms with van der Waals surface area (Å²) in [5, 5.41) is 3.62. The first-order valence-corrected chi connectivity index (χ1v) is 7.13. The van der Waals surface area contributed by atoms with Crippen LogP contribution in [0, 0.1) is 17.7 Å². The lowest BCUT2D eigenvalue weighted by Gasteiger charge is -2.32. The number of benzene rings is 1. The zero-order valence-electron chi connectivity index (χ0n) is 11.5. The molecule has 18 heavy (non-hydrogen) atoms. The van der Waals surface area contributed by atoms with Crippen molar-refractivity contribution in [2.75, 3.05) is 0 Å². The molecule has 1 fully saturated rings. The molecule has 2 unspecified atom stereocenters. The van der Waals surface area contributed by atoms with Gasteiger partial charge in [0.2, 0.25) is 0 Å². The monoisotopic (exact) mass is 249 g/mol. The fraction of sp³-hybridized carbons (Fsp3) is 0.625. The van der Waals surface area contributed by atoms with Crippen molar-refractivity contribution in [2.24, 2.45) is 11.8 Å². The SMILES string of the molecule is CC(C)C1CCCC(NCc2ccc(F)cc2)C1. The quantitative estimate of drug-likeness (QED) is 0.846. The molecule has 2 rings (SSSR count). The topological polar surface area (TPSA) is 12.0 Å². The lowest BCUT2D eigenvalue weighted by Crippen LogP contribution is -2.35. The standard InChI is InChI=1S/C16H24FN/c1-12(2)14-4-3-5-16(10-14)18-11-13-6-8-15(17)9-7-13/h6-9,12,14,16,18H,3-5,10-11H2,1-2H3. The zero-order valence-corrected chi connectivity index (χ0v) is 11.5. The summed E-state index contributed by atoms with van der Waals surface area (Å²) in [4.78, 5) is 0. The molecule has 1 saturated carbocycles. The van der Waals surface area contributed by atoms with Gasteiger partial charge in [-0.25, -0.2) is 4.39 Å². The van der Waals surface area contributed by atoms with E-state index in [9.17, 15) is 4.39 Å². The van der Waals surface area contributed by atoms with Gasteiger partial charge >= 0.3 is 0 Å². The Balaban J connectivity index is 1.81. The predicted octanol–water partition coefficient (Wildman–Crippen LogP) is 4.13. The fourth-order valence-electron chi connectivity index (χ4n) is 2.88. The zero-order chi connectivity index (χ0) is 13.0. The van der Waals surface area contributed by atoms with E-state index < -0.39 is 0 Å². The minimum atomic E-state index is -0.156. The molecule has 0 bridgehead atoms. The summed E-state index contributed by atoms with van der Waals surface area (Å²) in [6.45, 7) is 5.51. The van der Waals surface area contributed by atoms with Crippen LogP contribution in [0.2, 0.25) is 0 Å². The molecule has 0 aromatic heterocycles. The molecule has 1 aliphatic rings. The van der Waals surface area contributed by atoms with Gasteiger partial charge in [0, 0.05) is 12.6 Å². The minimum Gasteiger partial charge on any atom is -0.310 e. The van der Waals surface area contributed by atoms with Gasteiger partial charge in [0.1, 0.15) is 5.82 Å². The van der Waals surface area contributed by atoms with E-state index in [4.69, 9.17) is 0 Å². The van der Waals surface area contributed by atoms with Gasteiger partial charge in [-0.3, -0.25) is 0 Å². The highest BCUT2D eigenvalue weighted by molar-refractivity contribution is 5.15. The summed E-state index contributed by atoms with van der Waals surface area (Å²) >= 11 is 0. The van der Waals surface area contributed by atoms with E-state index in [0.717, 1.165) is 18.4 Å². The lowest BCUT2D eigenvalue weighted by molar-refractivity contribution is 0.231. The normalized spacial score (nSPS) is 24.4. The van der Waals surface area contributed by atoms with Gasteiger partial charge in [0.05, 0.1) is 0 Å². The van der Waals surface area contributed by atoms with Gasteiger partial charge in [0.25, 0.3) is 0 Å². The second-order valence-electron chi connectivity index (χ2n) is 5.87. The van der Waals surface area contributed by atoms with E-state index in [1.54, 1.807) is 0 Å². The Labute approximate surface area is 110 Å². The average molecular weight is 249 g/mol. The molecule has 0 aliphatic heterocycles. The molecule has 2 atom stereocenters. The van der Waals surface area contributed by atoms with Crippen LogP contribution in [0.3, 0.4) is 0 Å². The first kappa shape index (κ1) is 13.5. The van der Waals surface area contributed by atoms with Crippen LogP contribution in [0.4, 0.5) is 4.39 Å². The maximum absolute atomic E-state index is 12.8. The molecule has 0 spiro atoms. The van der Waals surface area contributed by atoms with Gasteiger partial charge in [-0.1, -0.05) is 38.8 Å². The summed E-state index contributed by atoms with van der Waals surface area (Å²) in [7, 11) is 0. The van der Waals surface area contributed by atoms with Gasteiger partial charge in [-0.2, -0.15) is 0 Å². The molecule has 0 radical (unpaired) electrons. The first-order valence-electron chi connectivity index (χ1n) is 7.13. The van der Waals surface area contributed by atoms with Crippen molar-refractivity contribution >= 4 is 0 Å². The van der Waals surface area contributed by atoms with Gasteiger partial charge < -0.3 is 5.32 Å². The Morgan fingerprint density at radius 2 is 1.94 bits per heavy atom. The third-order valence-corrected chi connectivity index (χ3v) is 4.17. The van der Waals surface area contributed by atoms with Gasteiger partial charge in [-0.05, 0) is 42.4 Å². The van der Waals surface area contributed by atoms with E-state index in [1.165, 1.54) is 43.4 Å². The Hall–Kier alpha value is -0.890. The van der Waals surface area contributed by atoms with Crippen LogP contribution in [0.1, 0.15) is 45.1 Å². The third-order valence-electron chi connectivity index (χ3n) is 4.17. The number of halogens is 1. The highest BCUT2D eigenvalue weighted by atomic mass is 19.1. The van der Waals surface area contributed by atoms with Crippen molar-refractivity contribution in [1.82, 2.24) is 5.32 Å². The molecule has 1 N–H and O–H groups in total. The summed E-state index contributed by atoms with van der Waals surface area (Å²) in [5.74, 6) is 1.50. The highest BCUT2D eigenvalue weighted by Crippen LogP contribution is 2.30. The smallest absolute Gasteiger partial charge is 0.123 e. The van der Waals surface area contributed by atoms with E-state index in [-0.39, 0.29) is 5.82 Å². The van der Waals surface area contributed by atoms with Crippen LogP contribution in [-0.2, 0) is 6.54 Å². The molecule has 100 valence electrons. The van der Waals surface area contributed by atoms with Gasteiger partial charge in [-0.15, -0.1) is 0 Å². The van der Waals surface area contributed by atoms with Crippen LogP contribution in [0.15, 0.2) is 24.3 Å². The van der Waals surface area contributed by atoms with Crippen LogP contribution < -0.4 is 5.32 Å². The highest BCUT2D eigenvalue weighted by Gasteiger charge is 2.23. The van der Waals surface area contributed by atoms with E-state index >= 15 is 0 Å². The van der Waals surface area contributed by atoms with Crippen molar-refractivity contribution in [3.05, 3.63) is 35.6 Å². The maximum Gasteiger partial charge on any atom is 0.123 e. The Kier molecular flexibility index (Phi) is 4.76. The number of rotatable bonds is 4.